The molecule has 0 aromatic heterocycles. The van der Waals surface area contributed by atoms with Crippen molar-refractivity contribution in [1.82, 2.24) is 10.2 Å². The van der Waals surface area contributed by atoms with Gasteiger partial charge in [0.2, 0.25) is 5.91 Å². The Morgan fingerprint density at radius 2 is 1.94 bits per heavy atom. The molecule has 0 radical (unpaired) electrons. The van der Waals surface area contributed by atoms with Gasteiger partial charge in [-0.05, 0) is 26.6 Å². The summed E-state index contributed by atoms with van der Waals surface area (Å²) in [6, 6.07) is 9.52. The SMILES string of the molecule is CN(C)CCC(=O)NC(C)(CO)c1ccccc1. The van der Waals surface area contributed by atoms with Crippen LogP contribution in [0.1, 0.15) is 18.9 Å². The Kier molecular flexibility index (Phi) is 5.31. The summed E-state index contributed by atoms with van der Waals surface area (Å²) in [6.07, 6.45) is 0.426. The third kappa shape index (κ3) is 4.13. The fourth-order valence-corrected chi connectivity index (χ4v) is 1.70. The summed E-state index contributed by atoms with van der Waals surface area (Å²) in [5.41, 5.74) is 0.190. The van der Waals surface area contributed by atoms with Gasteiger partial charge in [0.25, 0.3) is 0 Å². The normalized spacial score (nSPS) is 14.3. The van der Waals surface area contributed by atoms with Crippen LogP contribution in [0.25, 0.3) is 0 Å². The first-order valence-corrected chi connectivity index (χ1v) is 6.10. The van der Waals surface area contributed by atoms with Gasteiger partial charge in [0.15, 0.2) is 0 Å². The molecule has 0 spiro atoms. The summed E-state index contributed by atoms with van der Waals surface area (Å²) in [6.45, 7) is 2.41. The van der Waals surface area contributed by atoms with E-state index in [4.69, 9.17) is 0 Å². The minimum Gasteiger partial charge on any atom is -0.394 e. The van der Waals surface area contributed by atoms with Crippen molar-refractivity contribution in [1.29, 1.82) is 0 Å². The highest BCUT2D eigenvalue weighted by Crippen LogP contribution is 2.19. The number of amides is 1. The van der Waals surface area contributed by atoms with Crippen LogP contribution in [0, 0.1) is 0 Å². The molecule has 0 aliphatic rings. The average Bonchev–Trinajstić information content (AvgIpc) is 2.37. The van der Waals surface area contributed by atoms with E-state index in [0.717, 1.165) is 5.56 Å². The predicted molar refractivity (Wildman–Crippen MR) is 72.2 cm³/mol. The molecule has 1 rings (SSSR count). The number of nitrogens with one attached hydrogen (secondary N) is 1. The van der Waals surface area contributed by atoms with Gasteiger partial charge in [-0.3, -0.25) is 4.79 Å². The molecule has 4 heteroatoms. The summed E-state index contributed by atoms with van der Waals surface area (Å²) < 4.78 is 0. The molecule has 1 unspecified atom stereocenters. The van der Waals surface area contributed by atoms with Crippen molar-refractivity contribution >= 4 is 5.91 Å². The molecule has 1 aromatic carbocycles. The van der Waals surface area contributed by atoms with Crippen LogP contribution in [0.2, 0.25) is 0 Å². The molecule has 0 saturated carbocycles. The number of aliphatic hydroxyl groups is 1. The Labute approximate surface area is 109 Å². The molecule has 4 nitrogen and oxygen atoms in total. The molecule has 0 saturated heterocycles. The lowest BCUT2D eigenvalue weighted by Gasteiger charge is -2.29. The Morgan fingerprint density at radius 3 is 2.44 bits per heavy atom. The van der Waals surface area contributed by atoms with Crippen LogP contribution in [0.15, 0.2) is 30.3 Å². The van der Waals surface area contributed by atoms with Crippen LogP contribution in [-0.2, 0) is 10.3 Å². The second kappa shape index (κ2) is 6.52. The van der Waals surface area contributed by atoms with Crippen molar-refractivity contribution < 1.29 is 9.90 Å². The van der Waals surface area contributed by atoms with Gasteiger partial charge >= 0.3 is 0 Å². The lowest BCUT2D eigenvalue weighted by atomic mass is 9.93. The Bertz CT molecular complexity index is 379. The van der Waals surface area contributed by atoms with Crippen molar-refractivity contribution in [2.24, 2.45) is 0 Å². The van der Waals surface area contributed by atoms with Gasteiger partial charge in [-0.2, -0.15) is 0 Å². The van der Waals surface area contributed by atoms with Crippen molar-refractivity contribution in [3.05, 3.63) is 35.9 Å². The maximum atomic E-state index is 11.8. The molecule has 0 aliphatic carbocycles. The van der Waals surface area contributed by atoms with Crippen LogP contribution in [0.4, 0.5) is 0 Å². The van der Waals surface area contributed by atoms with E-state index in [1.165, 1.54) is 0 Å². The van der Waals surface area contributed by atoms with Crippen LogP contribution >= 0.6 is 0 Å². The van der Waals surface area contributed by atoms with Gasteiger partial charge in [0.1, 0.15) is 0 Å². The molecule has 1 aromatic rings. The minimum atomic E-state index is -0.718. The molecule has 100 valence electrons. The summed E-state index contributed by atoms with van der Waals surface area (Å²) >= 11 is 0. The number of benzene rings is 1. The highest BCUT2D eigenvalue weighted by Gasteiger charge is 2.27. The first kappa shape index (κ1) is 14.7. The van der Waals surface area contributed by atoms with Crippen molar-refractivity contribution in [3.63, 3.8) is 0 Å². The highest BCUT2D eigenvalue weighted by molar-refractivity contribution is 5.77. The van der Waals surface area contributed by atoms with E-state index >= 15 is 0 Å². The second-order valence-electron chi connectivity index (χ2n) is 4.96. The van der Waals surface area contributed by atoms with E-state index in [0.29, 0.717) is 13.0 Å². The first-order chi connectivity index (χ1) is 8.48. The monoisotopic (exact) mass is 250 g/mol. The van der Waals surface area contributed by atoms with Gasteiger partial charge in [0.05, 0.1) is 12.1 Å². The Balaban J connectivity index is 2.69. The molecule has 18 heavy (non-hydrogen) atoms. The van der Waals surface area contributed by atoms with Crippen LogP contribution in [0.5, 0.6) is 0 Å². The Hall–Kier alpha value is -1.39. The topological polar surface area (TPSA) is 52.6 Å². The number of carbonyl (C=O) groups is 1. The average molecular weight is 250 g/mol. The number of hydrogen-bond donors (Lipinski definition) is 2. The van der Waals surface area contributed by atoms with Gasteiger partial charge in [-0.15, -0.1) is 0 Å². The zero-order chi connectivity index (χ0) is 13.6. The summed E-state index contributed by atoms with van der Waals surface area (Å²) in [7, 11) is 3.85. The number of hydrogen-bond acceptors (Lipinski definition) is 3. The summed E-state index contributed by atoms with van der Waals surface area (Å²) in [4.78, 5) is 13.8. The van der Waals surface area contributed by atoms with E-state index in [9.17, 15) is 9.90 Å². The molecule has 0 aliphatic heterocycles. The zero-order valence-electron chi connectivity index (χ0n) is 11.3. The third-order valence-electron chi connectivity index (χ3n) is 2.93. The quantitative estimate of drug-likeness (QED) is 0.791. The second-order valence-corrected chi connectivity index (χ2v) is 4.96. The molecule has 0 heterocycles. The van der Waals surface area contributed by atoms with E-state index in [1.807, 2.05) is 56.3 Å². The maximum absolute atomic E-state index is 11.8. The molecule has 1 amide bonds. The predicted octanol–water partition coefficient (Wildman–Crippen LogP) is 0.962. The maximum Gasteiger partial charge on any atom is 0.222 e. The van der Waals surface area contributed by atoms with E-state index in [2.05, 4.69) is 5.32 Å². The molecule has 2 N–H and O–H groups in total. The fourth-order valence-electron chi connectivity index (χ4n) is 1.70. The number of rotatable bonds is 6. The zero-order valence-corrected chi connectivity index (χ0v) is 11.3. The first-order valence-electron chi connectivity index (χ1n) is 6.10. The van der Waals surface area contributed by atoms with E-state index < -0.39 is 5.54 Å². The smallest absolute Gasteiger partial charge is 0.222 e. The molecular formula is C14H22N2O2. The van der Waals surface area contributed by atoms with Crippen molar-refractivity contribution in [2.45, 2.75) is 18.9 Å². The molecule has 0 fully saturated rings. The standard InChI is InChI=1S/C14H22N2O2/c1-14(11-17,12-7-5-4-6-8-12)15-13(18)9-10-16(2)3/h4-8,17H,9-11H2,1-3H3,(H,15,18). The number of nitrogens with zero attached hydrogens (tertiary/aromatic N) is 1. The lowest BCUT2D eigenvalue weighted by Crippen LogP contribution is -2.46. The molecular weight excluding hydrogens is 228 g/mol. The van der Waals surface area contributed by atoms with Gasteiger partial charge in [-0.25, -0.2) is 0 Å². The van der Waals surface area contributed by atoms with E-state index in [-0.39, 0.29) is 12.5 Å². The van der Waals surface area contributed by atoms with Crippen molar-refractivity contribution in [2.75, 3.05) is 27.2 Å². The van der Waals surface area contributed by atoms with Gasteiger partial charge < -0.3 is 15.3 Å². The molecule has 1 atom stereocenters. The van der Waals surface area contributed by atoms with E-state index in [1.54, 1.807) is 0 Å². The lowest BCUT2D eigenvalue weighted by molar-refractivity contribution is -0.123. The largest absolute Gasteiger partial charge is 0.394 e. The van der Waals surface area contributed by atoms with Crippen LogP contribution < -0.4 is 5.32 Å². The third-order valence-corrected chi connectivity index (χ3v) is 2.93. The van der Waals surface area contributed by atoms with Gasteiger partial charge in [-0.1, -0.05) is 30.3 Å². The van der Waals surface area contributed by atoms with Crippen molar-refractivity contribution in [3.8, 4) is 0 Å². The molecule has 0 bridgehead atoms. The number of aliphatic hydroxyl groups excluding tert-OH is 1. The minimum absolute atomic E-state index is 0.0518. The highest BCUT2D eigenvalue weighted by atomic mass is 16.3. The van der Waals surface area contributed by atoms with Crippen LogP contribution in [0.3, 0.4) is 0 Å². The van der Waals surface area contributed by atoms with Gasteiger partial charge in [0, 0.05) is 13.0 Å². The Morgan fingerprint density at radius 1 is 1.33 bits per heavy atom. The summed E-state index contributed by atoms with van der Waals surface area (Å²) in [5, 5.41) is 12.4. The fraction of sp³-hybridized carbons (Fsp3) is 0.500. The number of carbonyl (C=O) groups excluding carboxylic acids is 1. The van der Waals surface area contributed by atoms with Crippen LogP contribution in [-0.4, -0.2) is 43.2 Å². The summed E-state index contributed by atoms with van der Waals surface area (Å²) in [5.74, 6) is -0.0518.